The van der Waals surface area contributed by atoms with E-state index < -0.39 is 5.97 Å². The van der Waals surface area contributed by atoms with Crippen LogP contribution in [-0.4, -0.2) is 61.2 Å². The molecule has 10 heteroatoms. The molecule has 1 saturated heterocycles. The van der Waals surface area contributed by atoms with Gasteiger partial charge in [0.25, 0.3) is 0 Å². The molecule has 0 spiro atoms. The van der Waals surface area contributed by atoms with Crippen LogP contribution in [0.2, 0.25) is 0 Å². The maximum atomic E-state index is 11.5. The van der Waals surface area contributed by atoms with E-state index in [0.29, 0.717) is 28.8 Å². The average Bonchev–Trinajstić information content (AvgIpc) is 3.71. The maximum Gasteiger partial charge on any atom is 0.352 e. The Morgan fingerprint density at radius 3 is 2.59 bits per heavy atom. The highest BCUT2D eigenvalue weighted by molar-refractivity contribution is 6.00. The number of piperidine rings is 1. The molecule has 1 unspecified atom stereocenters. The predicted molar refractivity (Wildman–Crippen MR) is 161 cm³/mol. The molecule has 0 radical (unpaired) electrons. The molecule has 10 nitrogen and oxygen atoms in total. The number of nitrogens with one attached hydrogen (secondary N) is 3. The molecule has 41 heavy (non-hydrogen) atoms. The molecule has 0 aromatic carbocycles. The van der Waals surface area contributed by atoms with Crippen LogP contribution in [-0.2, 0) is 0 Å². The lowest BCUT2D eigenvalue weighted by Crippen LogP contribution is -2.49. The number of nitrogens with zero attached hydrogens (tertiary/aromatic N) is 4. The minimum atomic E-state index is -1.03. The summed E-state index contributed by atoms with van der Waals surface area (Å²) in [6.07, 6.45) is 15.4. The van der Waals surface area contributed by atoms with E-state index in [1.54, 1.807) is 18.5 Å². The first-order valence-corrected chi connectivity index (χ1v) is 14.9. The molecule has 2 aliphatic carbocycles. The van der Waals surface area contributed by atoms with E-state index in [9.17, 15) is 9.90 Å². The first kappa shape index (κ1) is 27.5. The number of nitrogens with two attached hydrogens (primary N) is 1. The third-order valence-corrected chi connectivity index (χ3v) is 8.75. The highest BCUT2D eigenvalue weighted by Gasteiger charge is 2.34. The van der Waals surface area contributed by atoms with Gasteiger partial charge in [0.1, 0.15) is 17.2 Å². The van der Waals surface area contributed by atoms with Gasteiger partial charge in [-0.3, -0.25) is 4.98 Å². The van der Waals surface area contributed by atoms with Crippen LogP contribution in [0.25, 0.3) is 33.3 Å². The number of anilines is 1. The predicted octanol–water partition coefficient (Wildman–Crippen LogP) is 5.22. The Morgan fingerprint density at radius 1 is 1.10 bits per heavy atom. The first-order chi connectivity index (χ1) is 19.8. The second-order valence-electron chi connectivity index (χ2n) is 12.5. The molecule has 4 aromatic heterocycles. The van der Waals surface area contributed by atoms with Crippen LogP contribution >= 0.6 is 0 Å². The monoisotopic (exact) mass is 556 g/mol. The second kappa shape index (κ2) is 11.3. The van der Waals surface area contributed by atoms with E-state index in [-0.39, 0.29) is 17.2 Å². The van der Waals surface area contributed by atoms with Crippen LogP contribution in [0.1, 0.15) is 87.2 Å². The Hall–Kier alpha value is -3.63. The Bertz CT molecular complexity index is 1550. The number of rotatable bonds is 5. The van der Waals surface area contributed by atoms with Crippen molar-refractivity contribution in [3.8, 4) is 11.4 Å². The highest BCUT2D eigenvalue weighted by atomic mass is 16.4. The van der Waals surface area contributed by atoms with Crippen molar-refractivity contribution in [1.29, 1.82) is 0 Å². The number of fused-ring (bicyclic) bond motifs is 2. The van der Waals surface area contributed by atoms with Gasteiger partial charge in [-0.15, -0.1) is 0 Å². The van der Waals surface area contributed by atoms with Crippen molar-refractivity contribution in [2.24, 2.45) is 11.1 Å². The number of hydrogen-bond donors (Lipinski definition) is 5. The number of aromatic amines is 1. The molecule has 5 heterocycles. The second-order valence-corrected chi connectivity index (χ2v) is 12.5. The summed E-state index contributed by atoms with van der Waals surface area (Å²) >= 11 is 0. The van der Waals surface area contributed by atoms with Gasteiger partial charge in [0.15, 0.2) is 5.82 Å². The minimum absolute atomic E-state index is 0.0590. The van der Waals surface area contributed by atoms with Crippen LogP contribution < -0.4 is 16.4 Å². The lowest BCUT2D eigenvalue weighted by atomic mass is 9.80. The number of hydrogen-bond acceptors (Lipinski definition) is 8. The maximum absolute atomic E-state index is 11.5. The van der Waals surface area contributed by atoms with Crippen molar-refractivity contribution in [1.82, 2.24) is 30.2 Å². The summed E-state index contributed by atoms with van der Waals surface area (Å²) in [7, 11) is 0. The Labute approximate surface area is 240 Å². The molecule has 6 N–H and O–H groups in total. The van der Waals surface area contributed by atoms with Crippen molar-refractivity contribution >= 4 is 33.7 Å². The molecule has 0 amide bonds. The zero-order valence-electron chi connectivity index (χ0n) is 23.9. The van der Waals surface area contributed by atoms with Crippen molar-refractivity contribution in [2.75, 3.05) is 18.4 Å². The molecule has 1 aliphatic heterocycles. The van der Waals surface area contributed by atoms with E-state index in [2.05, 4.69) is 39.4 Å². The molecule has 2 saturated carbocycles. The summed E-state index contributed by atoms with van der Waals surface area (Å²) in [6, 6.07) is 4.21. The van der Waals surface area contributed by atoms with Crippen LogP contribution in [0.5, 0.6) is 0 Å². The van der Waals surface area contributed by atoms with E-state index in [1.807, 2.05) is 12.3 Å². The summed E-state index contributed by atoms with van der Waals surface area (Å²) in [5, 5.41) is 18.4. The summed E-state index contributed by atoms with van der Waals surface area (Å²) in [4.78, 5) is 33.1. The number of aromatic nitrogens is 5. The Morgan fingerprint density at radius 2 is 1.90 bits per heavy atom. The molecule has 4 aromatic rings. The van der Waals surface area contributed by atoms with Crippen LogP contribution in [0.3, 0.4) is 0 Å². The summed E-state index contributed by atoms with van der Waals surface area (Å²) in [6.45, 7) is 6.43. The largest absolute Gasteiger partial charge is 0.477 e. The smallest absolute Gasteiger partial charge is 0.352 e. The van der Waals surface area contributed by atoms with Crippen molar-refractivity contribution in [2.45, 2.75) is 83.2 Å². The summed E-state index contributed by atoms with van der Waals surface area (Å²) < 4.78 is 0. The Kier molecular flexibility index (Phi) is 7.61. The fourth-order valence-electron chi connectivity index (χ4n) is 6.11. The van der Waals surface area contributed by atoms with Gasteiger partial charge in [-0.2, -0.15) is 0 Å². The minimum Gasteiger partial charge on any atom is -0.477 e. The first-order valence-electron chi connectivity index (χ1n) is 14.9. The van der Waals surface area contributed by atoms with E-state index in [1.165, 1.54) is 37.7 Å². The molecule has 7 rings (SSSR count). The topological polar surface area (TPSA) is 155 Å². The highest BCUT2D eigenvalue weighted by Crippen LogP contribution is 2.45. The van der Waals surface area contributed by atoms with Crippen molar-refractivity contribution in [3.63, 3.8) is 0 Å². The zero-order valence-corrected chi connectivity index (χ0v) is 23.9. The summed E-state index contributed by atoms with van der Waals surface area (Å²) in [5.41, 5.74) is 9.01. The SMILES string of the molecule is CC1(C)CNCCC1Nc1nc(-c2ccnc3[nH]c(C(=O)O)cc23)nc2cncc(C3CC3)c12.NC1CCCCC1. The number of carboxylic acid groups (broad SMARTS) is 1. The van der Waals surface area contributed by atoms with Crippen LogP contribution in [0, 0.1) is 5.41 Å². The van der Waals surface area contributed by atoms with Gasteiger partial charge in [0.2, 0.25) is 0 Å². The number of pyridine rings is 2. The van der Waals surface area contributed by atoms with Crippen molar-refractivity contribution < 1.29 is 9.90 Å². The van der Waals surface area contributed by atoms with Gasteiger partial charge in [-0.05, 0) is 67.7 Å². The molecule has 3 aliphatic rings. The molecule has 3 fully saturated rings. The fourth-order valence-corrected chi connectivity index (χ4v) is 6.11. The van der Waals surface area contributed by atoms with Gasteiger partial charge in [-0.25, -0.2) is 19.7 Å². The zero-order chi connectivity index (χ0) is 28.6. The van der Waals surface area contributed by atoms with Gasteiger partial charge in [0, 0.05) is 47.4 Å². The lowest BCUT2D eigenvalue weighted by molar-refractivity contribution is 0.0691. The third-order valence-electron chi connectivity index (χ3n) is 8.75. The number of aromatic carboxylic acids is 1. The standard InChI is InChI=1S/C25H27N7O2.C6H13N/c1-25(2)12-26-7-6-19(25)31-23-20-16(13-3-4-13)10-27-11-18(20)30-22(32-23)14-5-8-28-21-15(14)9-17(29-21)24(33)34;7-6-4-2-1-3-5-6/h5,8-11,13,19,26H,3-4,6-7,12H2,1-2H3,(H,28,29)(H,33,34)(H,30,31,32);6H,1-5,7H2. The molecule has 1 atom stereocenters. The van der Waals surface area contributed by atoms with E-state index in [0.717, 1.165) is 54.6 Å². The molecule has 216 valence electrons. The van der Waals surface area contributed by atoms with Gasteiger partial charge in [-0.1, -0.05) is 33.1 Å². The van der Waals surface area contributed by atoms with E-state index in [4.69, 9.17) is 15.7 Å². The van der Waals surface area contributed by atoms with Crippen molar-refractivity contribution in [3.05, 3.63) is 42.0 Å². The van der Waals surface area contributed by atoms with Gasteiger partial charge >= 0.3 is 5.97 Å². The number of carbonyl (C=O) groups is 1. The van der Waals surface area contributed by atoms with E-state index >= 15 is 0 Å². The van der Waals surface area contributed by atoms with Gasteiger partial charge in [0.05, 0.1) is 11.7 Å². The van der Waals surface area contributed by atoms with Gasteiger partial charge < -0.3 is 26.5 Å². The van der Waals surface area contributed by atoms with Crippen LogP contribution in [0.4, 0.5) is 5.82 Å². The molecular weight excluding hydrogens is 516 g/mol. The average molecular weight is 557 g/mol. The number of H-pyrrole nitrogens is 1. The summed E-state index contributed by atoms with van der Waals surface area (Å²) in [5.74, 6) is 0.822. The lowest BCUT2D eigenvalue weighted by Gasteiger charge is -2.40. The fraction of sp³-hybridized carbons (Fsp3) is 0.516. The Balaban J connectivity index is 0.000000380. The molecule has 0 bridgehead atoms. The molecular formula is C31H40N8O2. The third kappa shape index (κ3) is 5.90. The normalized spacial score (nSPS) is 20.9. The number of carboxylic acids is 1. The quantitative estimate of drug-likeness (QED) is 0.222. The van der Waals surface area contributed by atoms with Crippen LogP contribution in [0.15, 0.2) is 30.7 Å².